The van der Waals surface area contributed by atoms with E-state index in [-0.39, 0.29) is 17.4 Å². The van der Waals surface area contributed by atoms with Gasteiger partial charge in [0.05, 0.1) is 11.0 Å². The summed E-state index contributed by atoms with van der Waals surface area (Å²) >= 11 is 0. The maximum atomic E-state index is 11.1. The summed E-state index contributed by atoms with van der Waals surface area (Å²) in [5.74, 6) is 1.05. The summed E-state index contributed by atoms with van der Waals surface area (Å²) in [5, 5.41) is 11.1. The number of hydrogen-bond acceptors (Lipinski definition) is 5. The molecule has 0 atom stereocenters. The molecule has 3 rings (SSSR count). The summed E-state index contributed by atoms with van der Waals surface area (Å²) in [6.45, 7) is 1.86. The van der Waals surface area contributed by atoms with Crippen molar-refractivity contribution in [3.63, 3.8) is 0 Å². The topological polar surface area (TPSA) is 64.8 Å². The summed E-state index contributed by atoms with van der Waals surface area (Å²) in [4.78, 5) is 12.7. The van der Waals surface area contributed by atoms with Crippen molar-refractivity contribution >= 4 is 11.4 Å². The minimum Gasteiger partial charge on any atom is -0.454 e. The van der Waals surface area contributed by atoms with E-state index in [0.29, 0.717) is 17.2 Å². The molecule has 0 bridgehead atoms. The van der Waals surface area contributed by atoms with Gasteiger partial charge in [0, 0.05) is 19.2 Å². The average molecular weight is 236 g/mol. The number of nitro groups is 1. The summed E-state index contributed by atoms with van der Waals surface area (Å²) in [6, 6.07) is 3.17. The fourth-order valence-corrected chi connectivity index (χ4v) is 2.28. The fourth-order valence-electron chi connectivity index (χ4n) is 2.28. The molecule has 1 aromatic carbocycles. The maximum absolute atomic E-state index is 11.1. The van der Waals surface area contributed by atoms with Crippen LogP contribution in [-0.4, -0.2) is 24.8 Å². The monoisotopic (exact) mass is 236 g/mol. The summed E-state index contributed by atoms with van der Waals surface area (Å²) < 4.78 is 10.4. The third-order valence-corrected chi connectivity index (χ3v) is 3.11. The SMILES string of the molecule is O=[N+]([O-])c1cc2c(cc1N1CCCC1)OCO2. The van der Waals surface area contributed by atoms with Gasteiger partial charge >= 0.3 is 0 Å². The molecule has 0 unspecified atom stereocenters. The largest absolute Gasteiger partial charge is 0.454 e. The highest BCUT2D eigenvalue weighted by molar-refractivity contribution is 5.70. The van der Waals surface area contributed by atoms with Crippen molar-refractivity contribution in [1.82, 2.24) is 0 Å². The van der Waals surface area contributed by atoms with Gasteiger partial charge in [0.1, 0.15) is 5.69 Å². The van der Waals surface area contributed by atoms with Gasteiger partial charge in [-0.3, -0.25) is 10.1 Å². The van der Waals surface area contributed by atoms with Crippen molar-refractivity contribution < 1.29 is 14.4 Å². The van der Waals surface area contributed by atoms with Crippen LogP contribution in [0.1, 0.15) is 12.8 Å². The molecule has 1 aromatic rings. The number of nitro benzene ring substituents is 1. The Bertz CT molecular complexity index is 469. The Hall–Kier alpha value is -1.98. The molecule has 0 aromatic heterocycles. The van der Waals surface area contributed by atoms with Crippen molar-refractivity contribution in [1.29, 1.82) is 0 Å². The third-order valence-electron chi connectivity index (χ3n) is 3.11. The van der Waals surface area contributed by atoms with Crippen molar-refractivity contribution in [3.8, 4) is 11.5 Å². The molecule has 0 saturated carbocycles. The standard InChI is InChI=1S/C11H12N2O4/c14-13(15)9-6-11-10(16-7-17-11)5-8(9)12-3-1-2-4-12/h5-6H,1-4,7H2. The Morgan fingerprint density at radius 1 is 1.18 bits per heavy atom. The van der Waals surface area contributed by atoms with Gasteiger partial charge in [0.25, 0.3) is 5.69 Å². The number of ether oxygens (including phenoxy) is 2. The number of hydrogen-bond donors (Lipinski definition) is 0. The van der Waals surface area contributed by atoms with E-state index >= 15 is 0 Å². The van der Waals surface area contributed by atoms with Crippen molar-refractivity contribution in [2.75, 3.05) is 24.8 Å². The predicted molar refractivity (Wildman–Crippen MR) is 60.7 cm³/mol. The highest BCUT2D eigenvalue weighted by Gasteiger charge is 2.27. The van der Waals surface area contributed by atoms with Crippen LogP contribution in [0.5, 0.6) is 11.5 Å². The number of anilines is 1. The van der Waals surface area contributed by atoms with Gasteiger partial charge < -0.3 is 14.4 Å². The van der Waals surface area contributed by atoms with Gasteiger partial charge in [-0.1, -0.05) is 0 Å². The summed E-state index contributed by atoms with van der Waals surface area (Å²) in [7, 11) is 0. The maximum Gasteiger partial charge on any atom is 0.296 e. The molecule has 0 radical (unpaired) electrons. The average Bonchev–Trinajstić information content (AvgIpc) is 2.98. The molecule has 90 valence electrons. The van der Waals surface area contributed by atoms with Crippen LogP contribution < -0.4 is 14.4 Å². The first-order chi connectivity index (χ1) is 8.25. The molecule has 1 fully saturated rings. The predicted octanol–water partition coefficient (Wildman–Crippen LogP) is 1.92. The quantitative estimate of drug-likeness (QED) is 0.579. The number of fused-ring (bicyclic) bond motifs is 1. The second-order valence-corrected chi connectivity index (χ2v) is 4.15. The first kappa shape index (κ1) is 10.2. The van der Waals surface area contributed by atoms with Crippen LogP contribution in [0.15, 0.2) is 12.1 Å². The molecule has 2 aliphatic rings. The lowest BCUT2D eigenvalue weighted by Crippen LogP contribution is -2.18. The molecule has 2 heterocycles. The van der Waals surface area contributed by atoms with Gasteiger partial charge in [-0.2, -0.15) is 0 Å². The zero-order chi connectivity index (χ0) is 11.8. The Morgan fingerprint density at radius 2 is 1.82 bits per heavy atom. The van der Waals surface area contributed by atoms with Crippen LogP contribution in [0.2, 0.25) is 0 Å². The summed E-state index contributed by atoms with van der Waals surface area (Å²) in [6.07, 6.45) is 2.15. The van der Waals surface area contributed by atoms with Crippen LogP contribution in [0.3, 0.4) is 0 Å². The van der Waals surface area contributed by atoms with Gasteiger partial charge in [0.15, 0.2) is 11.5 Å². The smallest absolute Gasteiger partial charge is 0.296 e. The fraction of sp³-hybridized carbons (Fsp3) is 0.455. The first-order valence-corrected chi connectivity index (χ1v) is 5.59. The van der Waals surface area contributed by atoms with E-state index in [9.17, 15) is 10.1 Å². The molecule has 17 heavy (non-hydrogen) atoms. The van der Waals surface area contributed by atoms with E-state index < -0.39 is 0 Å². The van der Waals surface area contributed by atoms with Gasteiger partial charge in [0.2, 0.25) is 6.79 Å². The Balaban J connectivity index is 2.07. The van der Waals surface area contributed by atoms with Crippen molar-refractivity contribution in [2.24, 2.45) is 0 Å². The number of nitrogens with zero attached hydrogens (tertiary/aromatic N) is 2. The van der Waals surface area contributed by atoms with Crippen LogP contribution >= 0.6 is 0 Å². The molecule has 6 nitrogen and oxygen atoms in total. The van der Waals surface area contributed by atoms with E-state index in [1.807, 2.05) is 4.90 Å². The second-order valence-electron chi connectivity index (χ2n) is 4.15. The zero-order valence-corrected chi connectivity index (χ0v) is 9.22. The number of benzene rings is 1. The molecule has 2 aliphatic heterocycles. The Kier molecular flexibility index (Phi) is 2.28. The van der Waals surface area contributed by atoms with Crippen LogP contribution in [0.4, 0.5) is 11.4 Å². The van der Waals surface area contributed by atoms with Crippen LogP contribution in [0, 0.1) is 10.1 Å². The molecule has 0 N–H and O–H groups in total. The molecule has 6 heteroatoms. The third kappa shape index (κ3) is 1.65. The first-order valence-electron chi connectivity index (χ1n) is 5.59. The lowest BCUT2D eigenvalue weighted by atomic mass is 10.2. The molecule has 0 amide bonds. The molecule has 0 aliphatic carbocycles. The minimum absolute atomic E-state index is 0.0937. The number of rotatable bonds is 2. The molecular weight excluding hydrogens is 224 g/mol. The van der Waals surface area contributed by atoms with E-state index in [1.165, 1.54) is 6.07 Å². The van der Waals surface area contributed by atoms with Crippen molar-refractivity contribution in [2.45, 2.75) is 12.8 Å². The Morgan fingerprint density at radius 3 is 2.47 bits per heavy atom. The highest BCUT2D eigenvalue weighted by Crippen LogP contribution is 2.42. The van der Waals surface area contributed by atoms with E-state index in [4.69, 9.17) is 9.47 Å². The Labute approximate surface area is 97.9 Å². The van der Waals surface area contributed by atoms with E-state index in [2.05, 4.69) is 0 Å². The van der Waals surface area contributed by atoms with Crippen LogP contribution in [-0.2, 0) is 0 Å². The van der Waals surface area contributed by atoms with E-state index in [1.54, 1.807) is 6.07 Å². The van der Waals surface area contributed by atoms with Gasteiger partial charge in [-0.05, 0) is 12.8 Å². The molecule has 1 saturated heterocycles. The molecular formula is C11H12N2O4. The second kappa shape index (κ2) is 3.80. The zero-order valence-electron chi connectivity index (χ0n) is 9.22. The van der Waals surface area contributed by atoms with E-state index in [0.717, 1.165) is 25.9 Å². The normalized spacial score (nSPS) is 17.5. The lowest BCUT2D eigenvalue weighted by Gasteiger charge is -2.17. The van der Waals surface area contributed by atoms with Crippen LogP contribution in [0.25, 0.3) is 0 Å². The van der Waals surface area contributed by atoms with Gasteiger partial charge in [-0.15, -0.1) is 0 Å². The molecule has 0 spiro atoms. The highest BCUT2D eigenvalue weighted by atomic mass is 16.7. The lowest BCUT2D eigenvalue weighted by molar-refractivity contribution is -0.384. The van der Waals surface area contributed by atoms with Crippen molar-refractivity contribution in [3.05, 3.63) is 22.2 Å². The summed E-state index contributed by atoms with van der Waals surface area (Å²) in [5.41, 5.74) is 0.730. The minimum atomic E-state index is -0.365. The van der Waals surface area contributed by atoms with Gasteiger partial charge in [-0.25, -0.2) is 0 Å².